The molecule has 0 radical (unpaired) electrons. The predicted molar refractivity (Wildman–Crippen MR) is 119 cm³/mol. The summed E-state index contributed by atoms with van der Waals surface area (Å²) in [7, 11) is 0. The zero-order valence-electron chi connectivity index (χ0n) is 17.4. The number of amides is 1. The Morgan fingerprint density at radius 3 is 2.48 bits per heavy atom. The Kier molecular flexibility index (Phi) is 6.66. The van der Waals surface area contributed by atoms with Crippen molar-refractivity contribution in [1.29, 1.82) is 0 Å². The van der Waals surface area contributed by atoms with Crippen LogP contribution in [0.4, 0.5) is 11.5 Å². The first-order valence-electron chi connectivity index (χ1n) is 10.6. The summed E-state index contributed by atoms with van der Waals surface area (Å²) in [6, 6.07) is 17.3. The highest BCUT2D eigenvalue weighted by Crippen LogP contribution is 2.18. The van der Waals surface area contributed by atoms with Crippen LogP contribution in [0.5, 0.6) is 0 Å². The van der Waals surface area contributed by atoms with Gasteiger partial charge < -0.3 is 19.5 Å². The van der Waals surface area contributed by atoms with Crippen LogP contribution in [0, 0.1) is 0 Å². The summed E-state index contributed by atoms with van der Waals surface area (Å²) in [5.74, 6) is 1.39. The Bertz CT molecular complexity index is 1020. The molecule has 2 aromatic heterocycles. The highest BCUT2D eigenvalue weighted by molar-refractivity contribution is 5.75. The number of benzene rings is 1. The van der Waals surface area contributed by atoms with E-state index >= 15 is 0 Å². The van der Waals surface area contributed by atoms with Gasteiger partial charge in [-0.3, -0.25) is 9.59 Å². The average molecular weight is 422 g/mol. The van der Waals surface area contributed by atoms with Gasteiger partial charge in [0.2, 0.25) is 5.91 Å². The van der Waals surface area contributed by atoms with Crippen molar-refractivity contribution in [2.24, 2.45) is 0 Å². The molecule has 1 aliphatic heterocycles. The molecule has 0 saturated carbocycles. The van der Waals surface area contributed by atoms with E-state index in [1.807, 2.05) is 30.3 Å². The molecule has 1 amide bonds. The second-order valence-corrected chi connectivity index (χ2v) is 7.53. The van der Waals surface area contributed by atoms with Gasteiger partial charge in [-0.2, -0.15) is 5.10 Å². The molecule has 1 fully saturated rings. The van der Waals surface area contributed by atoms with E-state index < -0.39 is 0 Å². The number of aryl methyl sites for hydroxylation is 1. The van der Waals surface area contributed by atoms with Crippen LogP contribution in [0.1, 0.15) is 12.2 Å². The summed E-state index contributed by atoms with van der Waals surface area (Å²) in [6.45, 7) is 3.80. The van der Waals surface area contributed by atoms with Gasteiger partial charge in [-0.15, -0.1) is 0 Å². The highest BCUT2D eigenvalue weighted by Gasteiger charge is 2.19. The van der Waals surface area contributed by atoms with E-state index in [1.165, 1.54) is 16.4 Å². The largest absolute Gasteiger partial charge is 0.469 e. The number of carbonyl (C=O) groups is 1. The lowest BCUT2D eigenvalue weighted by molar-refractivity contribution is -0.121. The molecule has 1 aromatic carbocycles. The number of nitrogens with one attached hydrogen (secondary N) is 1. The van der Waals surface area contributed by atoms with Gasteiger partial charge in [-0.05, 0) is 36.8 Å². The van der Waals surface area contributed by atoms with Crippen LogP contribution in [0.25, 0.3) is 0 Å². The Labute approximate surface area is 181 Å². The molecule has 1 aliphatic rings. The number of anilines is 2. The average Bonchev–Trinajstić information content (AvgIpc) is 3.33. The number of para-hydroxylation sites is 1. The second kappa shape index (κ2) is 9.97. The number of piperazine rings is 1. The molecular weight excluding hydrogens is 394 g/mol. The van der Waals surface area contributed by atoms with Crippen molar-refractivity contribution < 1.29 is 9.21 Å². The molecule has 1 N–H and O–H groups in total. The van der Waals surface area contributed by atoms with E-state index in [9.17, 15) is 9.59 Å². The van der Waals surface area contributed by atoms with Crippen LogP contribution < -0.4 is 20.7 Å². The van der Waals surface area contributed by atoms with Gasteiger partial charge in [0.15, 0.2) is 0 Å². The minimum Gasteiger partial charge on any atom is -0.469 e. The smallest absolute Gasteiger partial charge is 0.267 e. The Hall–Kier alpha value is -3.55. The topological polar surface area (TPSA) is 83.6 Å². The van der Waals surface area contributed by atoms with Crippen LogP contribution in [0.3, 0.4) is 0 Å². The number of rotatable bonds is 8. The fourth-order valence-corrected chi connectivity index (χ4v) is 3.69. The van der Waals surface area contributed by atoms with Gasteiger partial charge in [0.1, 0.15) is 18.1 Å². The fourth-order valence-electron chi connectivity index (χ4n) is 3.69. The summed E-state index contributed by atoms with van der Waals surface area (Å²) in [5, 5.41) is 7.28. The van der Waals surface area contributed by atoms with Crippen molar-refractivity contribution in [2.75, 3.05) is 42.5 Å². The molecule has 3 aromatic rings. The zero-order chi connectivity index (χ0) is 21.5. The normalized spacial score (nSPS) is 13.9. The molecular formula is C23H27N5O3. The molecule has 8 nitrogen and oxygen atoms in total. The van der Waals surface area contributed by atoms with Gasteiger partial charge in [0.25, 0.3) is 5.56 Å². The van der Waals surface area contributed by atoms with Crippen LogP contribution in [0.15, 0.2) is 70.1 Å². The summed E-state index contributed by atoms with van der Waals surface area (Å²) in [6.07, 6.45) is 3.17. The third-order valence-corrected chi connectivity index (χ3v) is 5.37. The molecule has 0 atom stereocenters. The van der Waals surface area contributed by atoms with E-state index in [0.717, 1.165) is 50.6 Å². The minimum absolute atomic E-state index is 0.0859. The molecule has 0 bridgehead atoms. The van der Waals surface area contributed by atoms with Gasteiger partial charge >= 0.3 is 0 Å². The number of aromatic nitrogens is 2. The molecule has 0 aliphatic carbocycles. The third-order valence-electron chi connectivity index (χ3n) is 5.37. The Morgan fingerprint density at radius 2 is 1.74 bits per heavy atom. The van der Waals surface area contributed by atoms with Crippen LogP contribution in [-0.2, 0) is 17.8 Å². The maximum atomic E-state index is 12.3. The lowest BCUT2D eigenvalue weighted by atomic mass is 10.2. The minimum atomic E-state index is -0.280. The number of furan rings is 1. The van der Waals surface area contributed by atoms with Gasteiger partial charge in [0.05, 0.1) is 6.26 Å². The quantitative estimate of drug-likeness (QED) is 0.560. The maximum Gasteiger partial charge on any atom is 0.267 e. The summed E-state index contributed by atoms with van der Waals surface area (Å²) in [5.41, 5.74) is 0.932. The number of hydrogen-bond donors (Lipinski definition) is 1. The molecule has 8 heteroatoms. The van der Waals surface area contributed by atoms with E-state index in [1.54, 1.807) is 12.3 Å². The summed E-state index contributed by atoms with van der Waals surface area (Å²) < 4.78 is 6.52. The standard InChI is InChI=1S/C23H27N5O3/c29-22(24-12-4-8-20-9-5-17-31-20)18-28-23(30)11-10-21(25-28)27-15-13-26(14-16-27)19-6-2-1-3-7-19/h1-3,5-7,9-11,17H,4,8,12-16,18H2,(H,24,29). The lowest BCUT2D eigenvalue weighted by Crippen LogP contribution is -2.47. The summed E-state index contributed by atoms with van der Waals surface area (Å²) >= 11 is 0. The van der Waals surface area contributed by atoms with E-state index in [-0.39, 0.29) is 18.0 Å². The van der Waals surface area contributed by atoms with Gasteiger partial charge in [-0.25, -0.2) is 4.68 Å². The lowest BCUT2D eigenvalue weighted by Gasteiger charge is -2.36. The first kappa shape index (κ1) is 20.7. The first-order valence-corrected chi connectivity index (χ1v) is 10.6. The molecule has 4 rings (SSSR count). The predicted octanol–water partition coefficient (Wildman–Crippen LogP) is 1.91. The molecule has 0 unspecified atom stereocenters. The van der Waals surface area contributed by atoms with Crippen molar-refractivity contribution in [3.8, 4) is 0 Å². The van der Waals surface area contributed by atoms with Gasteiger partial charge in [0, 0.05) is 50.9 Å². The number of nitrogens with zero attached hydrogens (tertiary/aromatic N) is 4. The number of carbonyl (C=O) groups excluding carboxylic acids is 1. The third kappa shape index (κ3) is 5.53. The van der Waals surface area contributed by atoms with Crippen molar-refractivity contribution in [1.82, 2.24) is 15.1 Å². The van der Waals surface area contributed by atoms with Crippen LogP contribution in [-0.4, -0.2) is 48.4 Å². The van der Waals surface area contributed by atoms with E-state index in [2.05, 4.69) is 32.3 Å². The van der Waals surface area contributed by atoms with Crippen LogP contribution >= 0.6 is 0 Å². The van der Waals surface area contributed by atoms with Crippen LogP contribution in [0.2, 0.25) is 0 Å². The van der Waals surface area contributed by atoms with E-state index in [0.29, 0.717) is 6.54 Å². The highest BCUT2D eigenvalue weighted by atomic mass is 16.3. The molecule has 1 saturated heterocycles. The van der Waals surface area contributed by atoms with E-state index in [4.69, 9.17) is 4.42 Å². The van der Waals surface area contributed by atoms with Crippen molar-refractivity contribution in [3.05, 3.63) is 77.0 Å². The number of hydrogen-bond acceptors (Lipinski definition) is 6. The molecule has 3 heterocycles. The van der Waals surface area contributed by atoms with Gasteiger partial charge in [-0.1, -0.05) is 18.2 Å². The maximum absolute atomic E-state index is 12.3. The Balaban J connectivity index is 1.29. The second-order valence-electron chi connectivity index (χ2n) is 7.53. The first-order chi connectivity index (χ1) is 15.2. The SMILES string of the molecule is O=C(Cn1nc(N2CCN(c3ccccc3)CC2)ccc1=O)NCCCc1ccco1. The molecule has 162 valence electrons. The monoisotopic (exact) mass is 421 g/mol. The Morgan fingerprint density at radius 1 is 0.968 bits per heavy atom. The van der Waals surface area contributed by atoms with Crippen molar-refractivity contribution in [3.63, 3.8) is 0 Å². The molecule has 31 heavy (non-hydrogen) atoms. The molecule has 0 spiro atoms. The summed E-state index contributed by atoms with van der Waals surface area (Å²) in [4.78, 5) is 28.9. The zero-order valence-corrected chi connectivity index (χ0v) is 17.4. The van der Waals surface area contributed by atoms with Crippen molar-refractivity contribution >= 4 is 17.4 Å². The fraction of sp³-hybridized carbons (Fsp3) is 0.348. The van der Waals surface area contributed by atoms with Crippen molar-refractivity contribution in [2.45, 2.75) is 19.4 Å².